The van der Waals surface area contributed by atoms with Gasteiger partial charge in [0.15, 0.2) is 0 Å². The van der Waals surface area contributed by atoms with Crippen LogP contribution in [-0.4, -0.2) is 54.0 Å². The molecule has 2 aliphatic carbocycles. The summed E-state index contributed by atoms with van der Waals surface area (Å²) in [5.41, 5.74) is 0. The second-order valence-electron chi connectivity index (χ2n) is 7.89. The molecule has 27 heavy (non-hydrogen) atoms. The van der Waals surface area contributed by atoms with Gasteiger partial charge in [0.1, 0.15) is 6.67 Å². The molecule has 156 valence electrons. The van der Waals surface area contributed by atoms with Crippen molar-refractivity contribution in [2.75, 3.05) is 19.9 Å². The number of rotatable bonds is 8. The number of carbonyl (C=O) groups is 2. The number of hydrogen-bond donors (Lipinski definition) is 0. The zero-order valence-corrected chi connectivity index (χ0v) is 17.3. The molecule has 0 unspecified atom stereocenters. The summed E-state index contributed by atoms with van der Waals surface area (Å²) in [7, 11) is 0. The first-order valence-electron chi connectivity index (χ1n) is 11.0. The Morgan fingerprint density at radius 3 is 1.41 bits per heavy atom. The second-order valence-corrected chi connectivity index (χ2v) is 7.89. The molecule has 0 aliphatic heterocycles. The number of carbonyl (C=O) groups excluding carboxylic acids is 2. The van der Waals surface area contributed by atoms with E-state index in [-0.39, 0.29) is 24.3 Å². The van der Waals surface area contributed by atoms with E-state index >= 15 is 0 Å². The minimum atomic E-state index is -0.284. The van der Waals surface area contributed by atoms with Gasteiger partial charge in [-0.05, 0) is 38.5 Å². The van der Waals surface area contributed by atoms with Gasteiger partial charge in [-0.3, -0.25) is 9.80 Å². The first-order valence-corrected chi connectivity index (χ1v) is 11.0. The van der Waals surface area contributed by atoms with E-state index in [1.54, 1.807) is 9.80 Å². The zero-order valence-electron chi connectivity index (χ0n) is 17.3. The van der Waals surface area contributed by atoms with Crippen LogP contribution in [0.3, 0.4) is 0 Å². The maximum Gasteiger partial charge on any atom is 0.411 e. The highest BCUT2D eigenvalue weighted by atomic mass is 16.6. The van der Waals surface area contributed by atoms with Crippen LogP contribution in [0.15, 0.2) is 0 Å². The van der Waals surface area contributed by atoms with Crippen LogP contribution in [0.1, 0.15) is 90.9 Å². The number of amides is 2. The third kappa shape index (κ3) is 6.89. The van der Waals surface area contributed by atoms with Gasteiger partial charge in [0.05, 0.1) is 13.2 Å². The molecule has 0 aromatic carbocycles. The monoisotopic (exact) mass is 382 g/mol. The summed E-state index contributed by atoms with van der Waals surface area (Å²) in [4.78, 5) is 29.2. The Balaban J connectivity index is 2.12. The Morgan fingerprint density at radius 1 is 0.704 bits per heavy atom. The van der Waals surface area contributed by atoms with Gasteiger partial charge in [-0.2, -0.15) is 0 Å². The molecule has 0 saturated heterocycles. The van der Waals surface area contributed by atoms with Crippen molar-refractivity contribution < 1.29 is 19.1 Å². The quantitative estimate of drug-likeness (QED) is 0.534. The van der Waals surface area contributed by atoms with Gasteiger partial charge >= 0.3 is 12.2 Å². The van der Waals surface area contributed by atoms with Crippen LogP contribution in [0.4, 0.5) is 9.59 Å². The van der Waals surface area contributed by atoms with Crippen LogP contribution in [-0.2, 0) is 9.47 Å². The highest BCUT2D eigenvalue weighted by molar-refractivity contribution is 5.71. The van der Waals surface area contributed by atoms with Crippen LogP contribution < -0.4 is 0 Å². The molecule has 2 rings (SSSR count). The van der Waals surface area contributed by atoms with Gasteiger partial charge in [0.2, 0.25) is 0 Å². The highest BCUT2D eigenvalue weighted by Gasteiger charge is 2.33. The van der Waals surface area contributed by atoms with E-state index in [0.29, 0.717) is 19.9 Å². The van der Waals surface area contributed by atoms with E-state index in [1.165, 1.54) is 12.8 Å². The summed E-state index contributed by atoms with van der Waals surface area (Å²) < 4.78 is 10.9. The van der Waals surface area contributed by atoms with Gasteiger partial charge in [-0.15, -0.1) is 0 Å². The fourth-order valence-corrected chi connectivity index (χ4v) is 4.14. The zero-order chi connectivity index (χ0) is 19.5. The third-order valence-electron chi connectivity index (χ3n) is 5.66. The Kier molecular flexibility index (Phi) is 9.78. The molecule has 0 heterocycles. The van der Waals surface area contributed by atoms with Crippen LogP contribution in [0.2, 0.25) is 0 Å². The number of hydrogen-bond acceptors (Lipinski definition) is 4. The lowest BCUT2D eigenvalue weighted by atomic mass is 9.93. The van der Waals surface area contributed by atoms with Crippen LogP contribution in [0.25, 0.3) is 0 Å². The normalized spacial score (nSPS) is 18.7. The average Bonchev–Trinajstić information content (AvgIpc) is 2.72. The fourth-order valence-electron chi connectivity index (χ4n) is 4.14. The van der Waals surface area contributed by atoms with Gasteiger partial charge in [0.25, 0.3) is 0 Å². The summed E-state index contributed by atoms with van der Waals surface area (Å²) >= 11 is 0. The molecule has 0 bridgehead atoms. The Labute approximate surface area is 164 Å². The smallest absolute Gasteiger partial charge is 0.411 e. The lowest BCUT2D eigenvalue weighted by Crippen LogP contribution is -2.53. The lowest BCUT2D eigenvalue weighted by Gasteiger charge is -2.40. The highest BCUT2D eigenvalue weighted by Crippen LogP contribution is 2.27. The van der Waals surface area contributed by atoms with Crippen molar-refractivity contribution in [3.8, 4) is 0 Å². The van der Waals surface area contributed by atoms with Crippen LogP contribution in [0.5, 0.6) is 0 Å². The summed E-state index contributed by atoms with van der Waals surface area (Å²) in [5, 5.41) is 0. The standard InChI is InChI=1S/C21H38N2O4/c1-3-15-26-20(24)22(18-11-7-5-8-12-18)17-23(21(25)27-16-4-2)19-13-9-6-10-14-19/h18-19H,3-17H2,1-2H3. The van der Waals surface area contributed by atoms with E-state index in [1.807, 2.05) is 13.8 Å². The maximum absolute atomic E-state index is 12.8. The molecule has 0 aromatic rings. The topological polar surface area (TPSA) is 59.1 Å². The summed E-state index contributed by atoms with van der Waals surface area (Å²) in [6, 6.07) is 0.321. The summed E-state index contributed by atoms with van der Waals surface area (Å²) in [5.74, 6) is 0. The molecule has 2 fully saturated rings. The maximum atomic E-state index is 12.8. The Morgan fingerprint density at radius 2 is 1.07 bits per heavy atom. The van der Waals surface area contributed by atoms with Gasteiger partial charge in [-0.25, -0.2) is 9.59 Å². The van der Waals surface area contributed by atoms with Crippen molar-refractivity contribution in [3.63, 3.8) is 0 Å². The minimum absolute atomic E-state index is 0.160. The predicted octanol–water partition coefficient (Wildman–Crippen LogP) is 5.31. The third-order valence-corrected chi connectivity index (χ3v) is 5.66. The van der Waals surface area contributed by atoms with Crippen molar-refractivity contribution in [3.05, 3.63) is 0 Å². The minimum Gasteiger partial charge on any atom is -0.449 e. The molecule has 0 N–H and O–H groups in total. The molecule has 6 nitrogen and oxygen atoms in total. The molecule has 2 amide bonds. The van der Waals surface area contributed by atoms with Gasteiger partial charge < -0.3 is 9.47 Å². The SMILES string of the molecule is CCCOC(=O)N(CN(C(=O)OCCC)C1CCCCC1)C1CCCCC1. The molecular formula is C21H38N2O4. The van der Waals surface area contributed by atoms with Gasteiger partial charge in [0, 0.05) is 12.1 Å². The van der Waals surface area contributed by atoms with Crippen LogP contribution in [0, 0.1) is 0 Å². The van der Waals surface area contributed by atoms with E-state index in [2.05, 4.69) is 0 Å². The van der Waals surface area contributed by atoms with E-state index in [0.717, 1.165) is 64.2 Å². The van der Waals surface area contributed by atoms with Crippen molar-refractivity contribution in [2.45, 2.75) is 103 Å². The Bertz CT molecular complexity index is 405. The van der Waals surface area contributed by atoms with Crippen molar-refractivity contribution in [1.82, 2.24) is 9.80 Å². The first-order chi connectivity index (χ1) is 13.2. The molecule has 2 aliphatic rings. The molecule has 0 radical (unpaired) electrons. The van der Waals surface area contributed by atoms with Gasteiger partial charge in [-0.1, -0.05) is 52.4 Å². The van der Waals surface area contributed by atoms with E-state index in [9.17, 15) is 9.59 Å². The lowest BCUT2D eigenvalue weighted by molar-refractivity contribution is 0.0185. The predicted molar refractivity (Wildman–Crippen MR) is 106 cm³/mol. The molecule has 0 atom stereocenters. The number of nitrogens with zero attached hydrogens (tertiary/aromatic N) is 2. The fraction of sp³-hybridized carbons (Fsp3) is 0.905. The molecule has 6 heteroatoms. The number of ether oxygens (including phenoxy) is 2. The summed E-state index contributed by atoms with van der Waals surface area (Å²) in [6.45, 7) is 5.13. The average molecular weight is 383 g/mol. The van der Waals surface area contributed by atoms with Crippen LogP contribution >= 0.6 is 0 Å². The molecule has 0 aromatic heterocycles. The van der Waals surface area contributed by atoms with Crippen molar-refractivity contribution in [1.29, 1.82) is 0 Å². The molecule has 0 spiro atoms. The molecule has 2 saturated carbocycles. The first kappa shape index (κ1) is 21.8. The van der Waals surface area contributed by atoms with E-state index in [4.69, 9.17) is 9.47 Å². The second kappa shape index (κ2) is 12.1. The van der Waals surface area contributed by atoms with E-state index < -0.39 is 0 Å². The Hall–Kier alpha value is -1.46. The van der Waals surface area contributed by atoms with Crippen molar-refractivity contribution in [2.24, 2.45) is 0 Å². The molecular weight excluding hydrogens is 344 g/mol. The largest absolute Gasteiger partial charge is 0.449 e. The summed E-state index contributed by atoms with van der Waals surface area (Å²) in [6.07, 6.45) is 12.0. The van der Waals surface area contributed by atoms with Crippen molar-refractivity contribution >= 4 is 12.2 Å².